The Morgan fingerprint density at radius 3 is 2.41 bits per heavy atom. The molecule has 0 fully saturated rings. The molecular formula is C17H18F3NO. The van der Waals surface area contributed by atoms with E-state index in [2.05, 4.69) is 5.32 Å². The van der Waals surface area contributed by atoms with Crippen LogP contribution in [-0.4, -0.2) is 13.5 Å². The van der Waals surface area contributed by atoms with Gasteiger partial charge in [0, 0.05) is 10.5 Å². The van der Waals surface area contributed by atoms with Crippen molar-refractivity contribution in [1.82, 2.24) is 5.32 Å². The Hall–Kier alpha value is -2.01. The van der Waals surface area contributed by atoms with E-state index in [1.807, 2.05) is 0 Å². The number of hydrogen-bond acceptors (Lipinski definition) is 2. The lowest BCUT2D eigenvalue weighted by Crippen LogP contribution is -2.16. The summed E-state index contributed by atoms with van der Waals surface area (Å²) in [5.41, 5.74) is -0.351. The van der Waals surface area contributed by atoms with Gasteiger partial charge in [-0.05, 0) is 43.3 Å². The zero-order valence-electron chi connectivity index (χ0n) is 15.7. The third-order valence-corrected chi connectivity index (χ3v) is 3.00. The van der Waals surface area contributed by atoms with Crippen molar-refractivity contribution in [2.45, 2.75) is 18.7 Å². The maximum atomic E-state index is 12.7. The van der Waals surface area contributed by atoms with Gasteiger partial charge in [-0.1, -0.05) is 30.3 Å². The van der Waals surface area contributed by atoms with Crippen molar-refractivity contribution in [3.63, 3.8) is 0 Å². The van der Waals surface area contributed by atoms with Crippen LogP contribution in [0.1, 0.15) is 29.1 Å². The van der Waals surface area contributed by atoms with Crippen molar-refractivity contribution in [3.8, 4) is 5.75 Å². The number of hydrogen-bond donors (Lipinski definition) is 1. The lowest BCUT2D eigenvalue weighted by atomic mass is 10.1. The van der Waals surface area contributed by atoms with Gasteiger partial charge >= 0.3 is 6.18 Å². The Labute approximate surface area is 133 Å². The highest BCUT2D eigenvalue weighted by atomic mass is 19.4. The molecule has 2 rings (SSSR count). The van der Waals surface area contributed by atoms with Crippen molar-refractivity contribution in [1.29, 1.82) is 0 Å². The number of rotatable bonds is 6. The molecule has 0 aliphatic carbocycles. The smallest absolute Gasteiger partial charge is 0.416 e. The number of nitrogens with one attached hydrogen (secondary N) is 1. The molecule has 2 aromatic rings. The van der Waals surface area contributed by atoms with Gasteiger partial charge in [-0.2, -0.15) is 13.2 Å². The molecule has 0 aromatic heterocycles. The molecule has 0 aliphatic heterocycles. The van der Waals surface area contributed by atoms with Crippen LogP contribution in [0.4, 0.5) is 13.2 Å². The monoisotopic (exact) mass is 313 g/mol. The van der Waals surface area contributed by atoms with Crippen molar-refractivity contribution in [2.75, 3.05) is 13.5 Å². The number of halogens is 3. The van der Waals surface area contributed by atoms with Crippen molar-refractivity contribution in [2.24, 2.45) is 0 Å². The molecule has 0 saturated heterocycles. The van der Waals surface area contributed by atoms with Crippen LogP contribution in [0.3, 0.4) is 0 Å². The van der Waals surface area contributed by atoms with Gasteiger partial charge < -0.3 is 10.1 Å². The van der Waals surface area contributed by atoms with E-state index in [-0.39, 0.29) is 18.7 Å². The fraction of sp³-hybridized carbons (Fsp3) is 0.294. The summed E-state index contributed by atoms with van der Waals surface area (Å²) in [5.74, 6) is 0.0886. The molecule has 1 atom stereocenters. The Bertz CT molecular complexity index is 705. The minimum atomic E-state index is -4.46. The van der Waals surface area contributed by atoms with Crippen LogP contribution in [0.5, 0.6) is 5.75 Å². The van der Waals surface area contributed by atoms with Crippen molar-refractivity contribution < 1.29 is 23.4 Å². The molecule has 0 saturated carbocycles. The van der Waals surface area contributed by atoms with Crippen LogP contribution in [0.15, 0.2) is 54.6 Å². The quantitative estimate of drug-likeness (QED) is 0.851. The summed E-state index contributed by atoms with van der Waals surface area (Å²) < 4.78 is 73.7. The molecule has 2 nitrogen and oxygen atoms in total. The Kier molecular flexibility index (Phi) is 3.84. The van der Waals surface area contributed by atoms with E-state index >= 15 is 0 Å². The maximum Gasteiger partial charge on any atom is 0.416 e. The van der Waals surface area contributed by atoms with Gasteiger partial charge in [0.05, 0.1) is 6.93 Å². The zero-order valence-corrected chi connectivity index (χ0v) is 11.7. The van der Waals surface area contributed by atoms with E-state index in [1.54, 1.807) is 30.3 Å². The molecule has 1 unspecified atom stereocenters. The highest BCUT2D eigenvalue weighted by Crippen LogP contribution is 2.31. The van der Waals surface area contributed by atoms with Gasteiger partial charge in [-0.15, -0.1) is 0 Å². The second kappa shape index (κ2) is 7.31. The van der Waals surface area contributed by atoms with E-state index in [9.17, 15) is 13.2 Å². The average Bonchev–Trinajstić information content (AvgIpc) is 2.54. The third-order valence-electron chi connectivity index (χ3n) is 3.00. The van der Waals surface area contributed by atoms with Gasteiger partial charge in [0.2, 0.25) is 0 Å². The maximum absolute atomic E-state index is 12.7. The molecule has 5 heteroatoms. The first-order chi connectivity index (χ1) is 12.0. The largest absolute Gasteiger partial charge is 0.486 e. The topological polar surface area (TPSA) is 21.3 Å². The molecule has 2 aromatic carbocycles. The molecule has 0 radical (unpaired) electrons. The minimum absolute atomic E-state index is 0.0174. The predicted molar refractivity (Wildman–Crippen MR) is 79.8 cm³/mol. The predicted octanol–water partition coefficient (Wildman–Crippen LogP) is 4.44. The second-order valence-corrected chi connectivity index (χ2v) is 4.59. The molecule has 118 valence electrons. The molecule has 0 heterocycles. The summed E-state index contributed by atoms with van der Waals surface area (Å²) in [7, 11) is 0. The third kappa shape index (κ3) is 4.49. The van der Waals surface area contributed by atoms with Crippen LogP contribution in [0, 0.1) is 0 Å². The summed E-state index contributed by atoms with van der Waals surface area (Å²) in [4.78, 5) is 0. The van der Waals surface area contributed by atoms with Crippen LogP contribution in [0.25, 0.3) is 0 Å². The summed E-state index contributed by atoms with van der Waals surface area (Å²) in [5, 5.41) is 2.31. The molecule has 0 bridgehead atoms. The van der Waals surface area contributed by atoms with E-state index in [0.717, 1.165) is 24.3 Å². The highest BCUT2D eigenvalue weighted by Gasteiger charge is 2.30. The van der Waals surface area contributed by atoms with Gasteiger partial charge in [-0.3, -0.25) is 0 Å². The van der Waals surface area contributed by atoms with Gasteiger partial charge in [-0.25, -0.2) is 0 Å². The molecule has 0 amide bonds. The first kappa shape index (κ1) is 11.5. The molecule has 22 heavy (non-hydrogen) atoms. The number of benzene rings is 2. The van der Waals surface area contributed by atoms with E-state index in [0.29, 0.717) is 5.56 Å². The molecule has 0 aliphatic rings. The first-order valence-electron chi connectivity index (χ1n) is 8.66. The highest BCUT2D eigenvalue weighted by molar-refractivity contribution is 5.30. The fourth-order valence-electron chi connectivity index (χ4n) is 1.91. The summed E-state index contributed by atoms with van der Waals surface area (Å²) in [6.07, 6.45) is -6.13. The Balaban J connectivity index is 2.21. The lowest BCUT2D eigenvalue weighted by molar-refractivity contribution is -0.137. The standard InChI is InChI=1S/C17H18F3NO/c1-21-12-11-16(13-5-3-2-4-6-13)22-15-9-7-14(8-10-15)17(18,19)20/h2-10,16,21H,11-12H2,1H3/i1D3,16D. The van der Waals surface area contributed by atoms with Crippen LogP contribution in [0.2, 0.25) is 0 Å². The zero-order chi connectivity index (χ0) is 19.4. The first-order valence-corrected chi connectivity index (χ1v) is 6.66. The normalized spacial score (nSPS) is 17.6. The lowest BCUT2D eigenvalue weighted by Gasteiger charge is -2.20. The van der Waals surface area contributed by atoms with Crippen molar-refractivity contribution >= 4 is 0 Å². The molecule has 1 N–H and O–H groups in total. The molecular weight excluding hydrogens is 291 g/mol. The fourth-order valence-corrected chi connectivity index (χ4v) is 1.91. The second-order valence-electron chi connectivity index (χ2n) is 4.59. The van der Waals surface area contributed by atoms with Crippen LogP contribution < -0.4 is 10.1 Å². The number of alkyl halides is 3. The van der Waals surface area contributed by atoms with E-state index < -0.39 is 24.8 Å². The Morgan fingerprint density at radius 2 is 1.82 bits per heavy atom. The summed E-state index contributed by atoms with van der Waals surface area (Å²) in [6, 6.07) is 12.5. The van der Waals surface area contributed by atoms with E-state index in [1.165, 1.54) is 0 Å². The summed E-state index contributed by atoms with van der Waals surface area (Å²) >= 11 is 0. The van der Waals surface area contributed by atoms with E-state index in [4.69, 9.17) is 10.2 Å². The van der Waals surface area contributed by atoms with Crippen LogP contribution in [-0.2, 0) is 6.18 Å². The summed E-state index contributed by atoms with van der Waals surface area (Å²) in [6.45, 7) is -2.39. The van der Waals surface area contributed by atoms with Gasteiger partial charge in [0.1, 0.15) is 11.8 Å². The average molecular weight is 313 g/mol. The minimum Gasteiger partial charge on any atom is -0.486 e. The van der Waals surface area contributed by atoms with Gasteiger partial charge in [0.15, 0.2) is 0 Å². The van der Waals surface area contributed by atoms with Gasteiger partial charge in [0.25, 0.3) is 0 Å². The van der Waals surface area contributed by atoms with Crippen molar-refractivity contribution in [3.05, 3.63) is 65.7 Å². The molecule has 0 spiro atoms. The number of ether oxygens (including phenoxy) is 1. The SMILES string of the molecule is [2H]C([2H])([2H])NCCC([2H])(Oc1ccc(C(F)(F)F)cc1)c1ccccc1. The Morgan fingerprint density at radius 1 is 1.14 bits per heavy atom. The van der Waals surface area contributed by atoms with Crippen LogP contribution >= 0.6 is 0 Å².